The Hall–Kier alpha value is -2.73. The molecule has 3 aromatic rings. The quantitative estimate of drug-likeness (QED) is 0.782. The van der Waals surface area contributed by atoms with Gasteiger partial charge in [-0.15, -0.1) is 0 Å². The lowest BCUT2D eigenvalue weighted by atomic mass is 10.2. The highest BCUT2D eigenvalue weighted by Gasteiger charge is 2.24. The third kappa shape index (κ3) is 3.28. The zero-order chi connectivity index (χ0) is 16.2. The van der Waals surface area contributed by atoms with Gasteiger partial charge in [0.1, 0.15) is 0 Å². The summed E-state index contributed by atoms with van der Waals surface area (Å²) in [5, 5.41) is 15.5. The maximum atomic E-state index is 4.14. The Bertz CT molecular complexity index is 770. The molecule has 2 heterocycles. The van der Waals surface area contributed by atoms with Crippen LogP contribution in [0.4, 0.5) is 5.95 Å². The molecule has 1 aliphatic heterocycles. The summed E-state index contributed by atoms with van der Waals surface area (Å²) >= 11 is 0. The fourth-order valence-electron chi connectivity index (χ4n) is 3.14. The second-order valence-electron chi connectivity index (χ2n) is 6.10. The number of likely N-dealkylation sites (tertiary alicyclic amines) is 1. The van der Waals surface area contributed by atoms with Crippen LogP contribution in [-0.4, -0.2) is 44.2 Å². The Balaban J connectivity index is 1.40. The van der Waals surface area contributed by atoms with Crippen LogP contribution in [0.5, 0.6) is 0 Å². The molecule has 122 valence electrons. The van der Waals surface area contributed by atoms with Crippen molar-refractivity contribution in [1.82, 2.24) is 25.1 Å². The minimum Gasteiger partial charge on any atom is -0.349 e. The molecule has 24 heavy (non-hydrogen) atoms. The molecule has 0 saturated carbocycles. The van der Waals surface area contributed by atoms with Gasteiger partial charge in [-0.2, -0.15) is 4.68 Å². The number of tetrazole rings is 1. The van der Waals surface area contributed by atoms with E-state index in [1.807, 2.05) is 30.3 Å². The molecule has 2 aromatic carbocycles. The fourth-order valence-corrected chi connectivity index (χ4v) is 3.14. The molecule has 0 radical (unpaired) electrons. The van der Waals surface area contributed by atoms with Crippen LogP contribution in [0.1, 0.15) is 12.0 Å². The highest BCUT2D eigenvalue weighted by Crippen LogP contribution is 2.18. The van der Waals surface area contributed by atoms with E-state index >= 15 is 0 Å². The van der Waals surface area contributed by atoms with Crippen LogP contribution >= 0.6 is 0 Å². The van der Waals surface area contributed by atoms with E-state index in [4.69, 9.17) is 0 Å². The van der Waals surface area contributed by atoms with E-state index in [0.29, 0.717) is 12.0 Å². The Morgan fingerprint density at radius 3 is 2.54 bits per heavy atom. The van der Waals surface area contributed by atoms with Crippen molar-refractivity contribution in [2.75, 3.05) is 18.4 Å². The molecule has 0 spiro atoms. The van der Waals surface area contributed by atoms with Gasteiger partial charge in [0.25, 0.3) is 0 Å². The van der Waals surface area contributed by atoms with E-state index in [9.17, 15) is 0 Å². The highest BCUT2D eigenvalue weighted by atomic mass is 15.6. The summed E-state index contributed by atoms with van der Waals surface area (Å²) in [5.41, 5.74) is 2.32. The number of para-hydroxylation sites is 1. The fraction of sp³-hybridized carbons (Fsp3) is 0.278. The molecular weight excluding hydrogens is 300 g/mol. The monoisotopic (exact) mass is 320 g/mol. The molecule has 0 amide bonds. The molecule has 1 aliphatic rings. The predicted octanol–water partition coefficient (Wildman–Crippen LogP) is 2.35. The Labute approximate surface area is 141 Å². The first-order valence-electron chi connectivity index (χ1n) is 8.25. The molecule has 6 nitrogen and oxygen atoms in total. The van der Waals surface area contributed by atoms with Gasteiger partial charge in [0, 0.05) is 25.7 Å². The van der Waals surface area contributed by atoms with E-state index < -0.39 is 0 Å². The molecule has 1 aromatic heterocycles. The summed E-state index contributed by atoms with van der Waals surface area (Å²) < 4.78 is 1.75. The summed E-state index contributed by atoms with van der Waals surface area (Å²) in [4.78, 5) is 2.46. The average molecular weight is 320 g/mol. The first kappa shape index (κ1) is 14.8. The van der Waals surface area contributed by atoms with Gasteiger partial charge in [-0.3, -0.25) is 4.90 Å². The first-order chi connectivity index (χ1) is 11.9. The predicted molar refractivity (Wildman–Crippen MR) is 92.9 cm³/mol. The SMILES string of the molecule is c1ccc(CN2CCC(Nc3nnnn3-c3ccccc3)C2)cc1. The number of aromatic nitrogens is 4. The largest absolute Gasteiger partial charge is 0.349 e. The summed E-state index contributed by atoms with van der Waals surface area (Å²) in [5.74, 6) is 0.702. The number of hydrogen-bond acceptors (Lipinski definition) is 5. The van der Waals surface area contributed by atoms with Gasteiger partial charge >= 0.3 is 0 Å². The molecule has 0 bridgehead atoms. The Kier molecular flexibility index (Phi) is 4.20. The van der Waals surface area contributed by atoms with Gasteiger partial charge in [-0.05, 0) is 34.5 Å². The van der Waals surface area contributed by atoms with Crippen LogP contribution in [0.25, 0.3) is 5.69 Å². The van der Waals surface area contributed by atoms with E-state index in [-0.39, 0.29) is 0 Å². The van der Waals surface area contributed by atoms with Crippen LogP contribution in [0.2, 0.25) is 0 Å². The van der Waals surface area contributed by atoms with Crippen molar-refractivity contribution in [3.63, 3.8) is 0 Å². The zero-order valence-electron chi connectivity index (χ0n) is 13.4. The van der Waals surface area contributed by atoms with Crippen molar-refractivity contribution in [2.24, 2.45) is 0 Å². The molecule has 1 N–H and O–H groups in total. The topological polar surface area (TPSA) is 58.9 Å². The molecule has 1 fully saturated rings. The van der Waals surface area contributed by atoms with Gasteiger partial charge in [0.05, 0.1) is 5.69 Å². The van der Waals surface area contributed by atoms with Crippen molar-refractivity contribution >= 4 is 5.95 Å². The zero-order valence-corrected chi connectivity index (χ0v) is 13.4. The third-order valence-electron chi connectivity index (χ3n) is 4.32. The lowest BCUT2D eigenvalue weighted by Crippen LogP contribution is -2.27. The van der Waals surface area contributed by atoms with E-state index in [2.05, 4.69) is 56.1 Å². The number of nitrogens with zero attached hydrogens (tertiary/aromatic N) is 5. The Morgan fingerprint density at radius 2 is 1.75 bits per heavy atom. The number of nitrogens with one attached hydrogen (secondary N) is 1. The maximum Gasteiger partial charge on any atom is 0.248 e. The lowest BCUT2D eigenvalue weighted by molar-refractivity contribution is 0.328. The van der Waals surface area contributed by atoms with Gasteiger partial charge in [-0.1, -0.05) is 53.6 Å². The summed E-state index contributed by atoms with van der Waals surface area (Å²) in [7, 11) is 0. The smallest absolute Gasteiger partial charge is 0.248 e. The maximum absolute atomic E-state index is 4.14. The van der Waals surface area contributed by atoms with Crippen molar-refractivity contribution in [3.05, 3.63) is 66.2 Å². The molecular formula is C18H20N6. The van der Waals surface area contributed by atoms with E-state index in [1.165, 1.54) is 5.56 Å². The first-order valence-corrected chi connectivity index (χ1v) is 8.25. The van der Waals surface area contributed by atoms with Crippen molar-refractivity contribution in [1.29, 1.82) is 0 Å². The van der Waals surface area contributed by atoms with Crippen LogP contribution in [0.15, 0.2) is 60.7 Å². The number of anilines is 1. The average Bonchev–Trinajstić information content (AvgIpc) is 3.27. The number of benzene rings is 2. The molecule has 1 atom stereocenters. The molecule has 1 saturated heterocycles. The van der Waals surface area contributed by atoms with Gasteiger partial charge in [0.2, 0.25) is 5.95 Å². The number of hydrogen-bond donors (Lipinski definition) is 1. The van der Waals surface area contributed by atoms with E-state index in [0.717, 1.165) is 31.7 Å². The van der Waals surface area contributed by atoms with Crippen LogP contribution in [-0.2, 0) is 6.54 Å². The van der Waals surface area contributed by atoms with Crippen molar-refractivity contribution in [2.45, 2.75) is 19.0 Å². The summed E-state index contributed by atoms with van der Waals surface area (Å²) in [6.07, 6.45) is 1.09. The second-order valence-corrected chi connectivity index (χ2v) is 6.10. The minimum atomic E-state index is 0.363. The molecule has 6 heteroatoms. The van der Waals surface area contributed by atoms with Gasteiger partial charge in [-0.25, -0.2) is 0 Å². The minimum absolute atomic E-state index is 0.363. The highest BCUT2D eigenvalue weighted by molar-refractivity contribution is 5.39. The lowest BCUT2D eigenvalue weighted by Gasteiger charge is -2.17. The normalized spacial score (nSPS) is 17.9. The molecule has 0 aliphatic carbocycles. The van der Waals surface area contributed by atoms with Gasteiger partial charge in [0.15, 0.2) is 0 Å². The Morgan fingerprint density at radius 1 is 1.00 bits per heavy atom. The molecule has 4 rings (SSSR count). The second kappa shape index (κ2) is 6.80. The van der Waals surface area contributed by atoms with Crippen LogP contribution in [0, 0.1) is 0 Å². The van der Waals surface area contributed by atoms with Crippen molar-refractivity contribution < 1.29 is 0 Å². The summed E-state index contributed by atoms with van der Waals surface area (Å²) in [6, 6.07) is 20.9. The number of rotatable bonds is 5. The van der Waals surface area contributed by atoms with Crippen LogP contribution in [0.3, 0.4) is 0 Å². The summed E-state index contributed by atoms with van der Waals surface area (Å²) in [6.45, 7) is 3.07. The van der Waals surface area contributed by atoms with Crippen LogP contribution < -0.4 is 5.32 Å². The molecule has 1 unspecified atom stereocenters. The van der Waals surface area contributed by atoms with Gasteiger partial charge < -0.3 is 5.32 Å². The van der Waals surface area contributed by atoms with E-state index in [1.54, 1.807) is 4.68 Å². The van der Waals surface area contributed by atoms with Crippen molar-refractivity contribution in [3.8, 4) is 5.69 Å². The third-order valence-corrected chi connectivity index (χ3v) is 4.32. The standard InChI is InChI=1S/C18H20N6/c1-3-7-15(8-4-1)13-23-12-11-16(14-23)19-18-20-21-22-24(18)17-9-5-2-6-10-17/h1-10,16H,11-14H2,(H,19,20,22).